The molecule has 0 atom stereocenters. The number of nitrogens with zero attached hydrogens (tertiary/aromatic N) is 3. The molecule has 4 rings (SSSR count). The van der Waals surface area contributed by atoms with E-state index in [1.54, 1.807) is 12.1 Å². The summed E-state index contributed by atoms with van der Waals surface area (Å²) >= 11 is 0. The number of hydrogen-bond donors (Lipinski definition) is 1. The van der Waals surface area contributed by atoms with E-state index in [0.717, 1.165) is 31.0 Å². The first-order valence-electron chi connectivity index (χ1n) is 9.87. The maximum Gasteiger partial charge on any atom is 0.310 e. The number of sulfonamides is 1. The quantitative estimate of drug-likeness (QED) is 0.574. The first-order valence-corrected chi connectivity index (χ1v) is 11.3. The lowest BCUT2D eigenvalue weighted by Crippen LogP contribution is -2.41. The Morgan fingerprint density at radius 2 is 1.90 bits per heavy atom. The standard InChI is InChI=1S/C20H22N4O5S/c25-20(22-18-6-9-21-13-19(18)24(26)27)15-7-10-23(11-8-15)30(28,29)17-5-4-14-2-1-3-16(14)12-17/h4-6,9,12-13,15H,1-3,7-8,10-11H2,(H,21,22,25). The molecule has 1 aromatic carbocycles. The predicted octanol–water partition coefficient (Wildman–Crippen LogP) is 2.52. The number of aryl methyl sites for hydroxylation is 2. The number of pyridine rings is 1. The van der Waals surface area contributed by atoms with E-state index in [1.165, 1.54) is 22.1 Å². The average molecular weight is 430 g/mol. The highest BCUT2D eigenvalue weighted by molar-refractivity contribution is 7.89. The van der Waals surface area contributed by atoms with Crippen LogP contribution in [0.4, 0.5) is 11.4 Å². The van der Waals surface area contributed by atoms with Crippen LogP contribution in [-0.2, 0) is 27.7 Å². The third-order valence-electron chi connectivity index (χ3n) is 5.79. The van der Waals surface area contributed by atoms with Crippen LogP contribution in [-0.4, -0.2) is 41.6 Å². The maximum absolute atomic E-state index is 13.0. The first-order chi connectivity index (χ1) is 14.4. The fourth-order valence-corrected chi connectivity index (χ4v) is 5.61. The fourth-order valence-electron chi connectivity index (χ4n) is 4.09. The zero-order valence-electron chi connectivity index (χ0n) is 16.3. The number of piperidine rings is 1. The molecule has 2 aliphatic rings. The van der Waals surface area contributed by atoms with Crippen LogP contribution in [0.5, 0.6) is 0 Å². The second kappa shape index (κ2) is 8.11. The van der Waals surface area contributed by atoms with Gasteiger partial charge in [0, 0.05) is 25.2 Å². The topological polar surface area (TPSA) is 123 Å². The normalized spacial score (nSPS) is 17.5. The summed E-state index contributed by atoms with van der Waals surface area (Å²) in [5.74, 6) is -0.761. The summed E-state index contributed by atoms with van der Waals surface area (Å²) in [6.07, 6.45) is 6.11. The van der Waals surface area contributed by atoms with Crippen LogP contribution < -0.4 is 5.32 Å². The Kier molecular flexibility index (Phi) is 5.52. The lowest BCUT2D eigenvalue weighted by Gasteiger charge is -2.30. The monoisotopic (exact) mass is 430 g/mol. The van der Waals surface area contributed by atoms with Crippen molar-refractivity contribution < 1.29 is 18.1 Å². The van der Waals surface area contributed by atoms with Crippen LogP contribution in [0.1, 0.15) is 30.4 Å². The van der Waals surface area contributed by atoms with Gasteiger partial charge >= 0.3 is 5.69 Å². The summed E-state index contributed by atoms with van der Waals surface area (Å²) in [6.45, 7) is 0.464. The molecule has 1 aliphatic heterocycles. The largest absolute Gasteiger partial charge is 0.320 e. The van der Waals surface area contributed by atoms with E-state index in [9.17, 15) is 23.3 Å². The lowest BCUT2D eigenvalue weighted by molar-refractivity contribution is -0.384. The molecule has 1 N–H and O–H groups in total. The van der Waals surface area contributed by atoms with E-state index >= 15 is 0 Å². The molecule has 9 nitrogen and oxygen atoms in total. The molecular formula is C20H22N4O5S. The summed E-state index contributed by atoms with van der Waals surface area (Å²) in [4.78, 5) is 27.1. The molecule has 0 radical (unpaired) electrons. The van der Waals surface area contributed by atoms with Gasteiger partial charge in [0.1, 0.15) is 11.9 Å². The molecule has 158 valence electrons. The third kappa shape index (κ3) is 3.92. The molecule has 1 aliphatic carbocycles. The van der Waals surface area contributed by atoms with Crippen molar-refractivity contribution in [1.29, 1.82) is 0 Å². The molecule has 1 saturated heterocycles. The lowest BCUT2D eigenvalue weighted by atomic mass is 9.97. The summed E-state index contributed by atoms with van der Waals surface area (Å²) in [7, 11) is -3.61. The third-order valence-corrected chi connectivity index (χ3v) is 7.68. The molecule has 1 amide bonds. The van der Waals surface area contributed by atoms with Gasteiger partial charge in [-0.15, -0.1) is 0 Å². The fraction of sp³-hybridized carbons (Fsp3) is 0.400. The zero-order chi connectivity index (χ0) is 21.3. The molecule has 0 unspecified atom stereocenters. The van der Waals surface area contributed by atoms with Crippen molar-refractivity contribution in [3.63, 3.8) is 0 Å². The van der Waals surface area contributed by atoms with Gasteiger partial charge in [-0.05, 0) is 61.4 Å². The molecule has 2 heterocycles. The van der Waals surface area contributed by atoms with Gasteiger partial charge in [-0.3, -0.25) is 19.9 Å². The molecule has 30 heavy (non-hydrogen) atoms. The Labute approximate surface area is 174 Å². The van der Waals surface area contributed by atoms with Gasteiger partial charge in [-0.1, -0.05) is 6.07 Å². The minimum atomic E-state index is -3.61. The van der Waals surface area contributed by atoms with Crippen molar-refractivity contribution in [2.45, 2.75) is 37.0 Å². The van der Waals surface area contributed by atoms with Gasteiger partial charge in [0.15, 0.2) is 0 Å². The van der Waals surface area contributed by atoms with E-state index in [2.05, 4.69) is 10.3 Å². The summed E-state index contributed by atoms with van der Waals surface area (Å²) in [5.41, 5.74) is 2.13. The highest BCUT2D eigenvalue weighted by Gasteiger charge is 2.33. The van der Waals surface area contributed by atoms with E-state index in [0.29, 0.717) is 17.7 Å². The number of rotatable bonds is 5. The van der Waals surface area contributed by atoms with Crippen molar-refractivity contribution in [3.8, 4) is 0 Å². The first kappa shape index (κ1) is 20.4. The van der Waals surface area contributed by atoms with Gasteiger partial charge in [0.05, 0.1) is 9.82 Å². The number of nitrogens with one attached hydrogen (secondary N) is 1. The van der Waals surface area contributed by atoms with Crippen LogP contribution in [0.3, 0.4) is 0 Å². The second-order valence-corrected chi connectivity index (χ2v) is 9.54. The Morgan fingerprint density at radius 3 is 2.63 bits per heavy atom. The highest BCUT2D eigenvalue weighted by atomic mass is 32.2. The minimum absolute atomic E-state index is 0.0909. The summed E-state index contributed by atoms with van der Waals surface area (Å²) in [5, 5.41) is 13.7. The van der Waals surface area contributed by atoms with Gasteiger partial charge in [0.2, 0.25) is 15.9 Å². The van der Waals surface area contributed by atoms with Crippen LogP contribution in [0.25, 0.3) is 0 Å². The van der Waals surface area contributed by atoms with Gasteiger partial charge in [0.25, 0.3) is 0 Å². The zero-order valence-corrected chi connectivity index (χ0v) is 17.1. The number of nitro groups is 1. The molecular weight excluding hydrogens is 408 g/mol. The van der Waals surface area contributed by atoms with Crippen molar-refractivity contribution >= 4 is 27.3 Å². The van der Waals surface area contributed by atoms with Crippen LogP contribution in [0.15, 0.2) is 41.6 Å². The predicted molar refractivity (Wildman–Crippen MR) is 109 cm³/mol. The summed E-state index contributed by atoms with van der Waals surface area (Å²) < 4.78 is 27.5. The maximum atomic E-state index is 13.0. The number of hydrogen-bond acceptors (Lipinski definition) is 6. The Bertz CT molecular complexity index is 1090. The number of carbonyl (C=O) groups is 1. The van der Waals surface area contributed by atoms with Crippen molar-refractivity contribution in [1.82, 2.24) is 9.29 Å². The number of benzene rings is 1. The van der Waals surface area contributed by atoms with Gasteiger partial charge in [-0.25, -0.2) is 8.42 Å². The van der Waals surface area contributed by atoms with Crippen molar-refractivity contribution in [3.05, 3.63) is 57.9 Å². The van der Waals surface area contributed by atoms with Crippen molar-refractivity contribution in [2.24, 2.45) is 5.92 Å². The Hall–Kier alpha value is -2.85. The molecule has 10 heteroatoms. The van der Waals surface area contributed by atoms with Crippen LogP contribution >= 0.6 is 0 Å². The highest BCUT2D eigenvalue weighted by Crippen LogP contribution is 2.29. The van der Waals surface area contributed by atoms with Gasteiger partial charge in [-0.2, -0.15) is 4.31 Å². The minimum Gasteiger partial charge on any atom is -0.320 e. The van der Waals surface area contributed by atoms with E-state index in [1.807, 2.05) is 6.07 Å². The van der Waals surface area contributed by atoms with E-state index in [4.69, 9.17) is 0 Å². The van der Waals surface area contributed by atoms with Crippen molar-refractivity contribution in [2.75, 3.05) is 18.4 Å². The number of anilines is 1. The Balaban J connectivity index is 1.41. The van der Waals surface area contributed by atoms with Crippen LogP contribution in [0, 0.1) is 16.0 Å². The molecule has 0 bridgehead atoms. The van der Waals surface area contributed by atoms with Gasteiger partial charge < -0.3 is 5.32 Å². The number of aromatic nitrogens is 1. The number of amides is 1. The molecule has 1 fully saturated rings. The molecule has 1 aromatic heterocycles. The van der Waals surface area contributed by atoms with Crippen LogP contribution in [0.2, 0.25) is 0 Å². The second-order valence-electron chi connectivity index (χ2n) is 7.60. The SMILES string of the molecule is O=C(Nc1ccncc1[N+](=O)[O-])C1CCN(S(=O)(=O)c2ccc3c(c2)CCC3)CC1. The average Bonchev–Trinajstić information content (AvgIpc) is 3.22. The van der Waals surface area contributed by atoms with E-state index < -0.39 is 20.9 Å². The molecule has 2 aromatic rings. The van der Waals surface area contributed by atoms with E-state index in [-0.39, 0.29) is 30.4 Å². The number of fused-ring (bicyclic) bond motifs is 1. The smallest absolute Gasteiger partial charge is 0.310 e. The Morgan fingerprint density at radius 1 is 1.17 bits per heavy atom. The number of carbonyl (C=O) groups excluding carboxylic acids is 1. The summed E-state index contributed by atoms with van der Waals surface area (Å²) in [6, 6.07) is 6.72. The molecule has 0 saturated carbocycles. The molecule has 0 spiro atoms.